The lowest BCUT2D eigenvalue weighted by Gasteiger charge is -2.18. The molecule has 9 heteroatoms. The lowest BCUT2D eigenvalue weighted by molar-refractivity contribution is -0.137. The summed E-state index contributed by atoms with van der Waals surface area (Å²) in [6, 6.07) is 11.6. The van der Waals surface area contributed by atoms with Gasteiger partial charge in [0.15, 0.2) is 0 Å². The maximum Gasteiger partial charge on any atom is 0.416 e. The molecule has 3 rings (SSSR count). The quantitative estimate of drug-likeness (QED) is 0.544. The maximum atomic E-state index is 13.2. The molecule has 1 amide bonds. The Kier molecular flexibility index (Phi) is 7.56. The molecule has 0 saturated heterocycles. The second-order valence-electron chi connectivity index (χ2n) is 8.14. The van der Waals surface area contributed by atoms with Crippen molar-refractivity contribution in [3.05, 3.63) is 86.8 Å². The van der Waals surface area contributed by atoms with E-state index >= 15 is 0 Å². The third kappa shape index (κ3) is 5.72. The Morgan fingerprint density at radius 3 is 2.26 bits per heavy atom. The van der Waals surface area contributed by atoms with Gasteiger partial charge in [0.1, 0.15) is 12.4 Å². The summed E-state index contributed by atoms with van der Waals surface area (Å²) in [6.07, 6.45) is -4.45. The number of aromatic nitrogens is 2. The molecule has 1 aromatic heterocycles. The third-order valence-corrected chi connectivity index (χ3v) is 5.56. The van der Waals surface area contributed by atoms with Gasteiger partial charge >= 0.3 is 6.18 Å². The van der Waals surface area contributed by atoms with Crippen LogP contribution in [0.3, 0.4) is 0 Å². The number of alkyl halides is 3. The molecule has 0 fully saturated rings. The molecule has 0 aliphatic rings. The van der Waals surface area contributed by atoms with Crippen LogP contribution in [0.25, 0.3) is 11.4 Å². The highest BCUT2D eigenvalue weighted by atomic mass is 19.4. The number of halogens is 3. The molecule has 1 heterocycles. The van der Waals surface area contributed by atoms with Crippen LogP contribution in [0.2, 0.25) is 0 Å². The van der Waals surface area contributed by atoms with Gasteiger partial charge in [-0.3, -0.25) is 14.2 Å². The van der Waals surface area contributed by atoms with Crippen LogP contribution < -0.4 is 10.9 Å². The number of rotatable bonds is 7. The van der Waals surface area contributed by atoms with Crippen LogP contribution in [0.15, 0.2) is 53.3 Å². The Bertz CT molecular complexity index is 1220. The van der Waals surface area contributed by atoms with E-state index in [2.05, 4.69) is 10.3 Å². The highest BCUT2D eigenvalue weighted by Crippen LogP contribution is 2.30. The highest BCUT2D eigenvalue weighted by molar-refractivity contribution is 5.77. The van der Waals surface area contributed by atoms with Gasteiger partial charge in [-0.2, -0.15) is 13.2 Å². The number of aliphatic hydroxyl groups excluding tert-OH is 1. The van der Waals surface area contributed by atoms with Crippen molar-refractivity contribution in [2.45, 2.75) is 46.0 Å². The van der Waals surface area contributed by atoms with Crippen molar-refractivity contribution in [2.24, 2.45) is 0 Å². The van der Waals surface area contributed by atoms with Gasteiger partial charge in [-0.25, -0.2) is 4.98 Å². The van der Waals surface area contributed by atoms with Crippen LogP contribution in [0.4, 0.5) is 13.2 Å². The number of aryl methyl sites for hydroxylation is 2. The summed E-state index contributed by atoms with van der Waals surface area (Å²) in [5, 5.41) is 12.2. The van der Waals surface area contributed by atoms with Gasteiger partial charge < -0.3 is 10.4 Å². The molecule has 0 aliphatic carbocycles. The van der Waals surface area contributed by atoms with Gasteiger partial charge in [-0.1, -0.05) is 42.0 Å². The number of nitrogens with zero attached hydrogens (tertiary/aromatic N) is 2. The largest absolute Gasteiger partial charge is 0.416 e. The molecule has 6 nitrogen and oxygen atoms in total. The summed E-state index contributed by atoms with van der Waals surface area (Å²) in [5.74, 6) is -0.375. The van der Waals surface area contributed by atoms with Crippen LogP contribution in [-0.4, -0.2) is 27.2 Å². The zero-order valence-electron chi connectivity index (χ0n) is 19.1. The van der Waals surface area contributed by atoms with Gasteiger partial charge in [0.05, 0.1) is 11.6 Å². The minimum absolute atomic E-state index is 0.0480. The Morgan fingerprint density at radius 1 is 1.09 bits per heavy atom. The molecule has 2 N–H and O–H groups in total. The minimum atomic E-state index is -4.50. The zero-order chi connectivity index (χ0) is 25.0. The lowest BCUT2D eigenvalue weighted by atomic mass is 10.1. The molecular formula is C25H26F3N3O3. The highest BCUT2D eigenvalue weighted by Gasteiger charge is 2.30. The SMILES string of the molecule is Cc1ccc([C@H](C)NC(=O)Cn2c(-c3ccc(C(F)(F)F)cc3)nc(C)c(CCO)c2=O)cc1. The number of hydrogen-bond donors (Lipinski definition) is 2. The standard InChI is InChI=1S/C25H26F3N3O3/c1-15-4-6-18(7-5-15)16(2)29-22(33)14-31-23(30-17(3)21(12-13-32)24(31)34)19-8-10-20(11-9-19)25(26,27)28/h4-11,16,32H,12-14H2,1-3H3,(H,29,33)/t16-/m0/s1. The molecule has 0 bridgehead atoms. The smallest absolute Gasteiger partial charge is 0.396 e. The van der Waals surface area contributed by atoms with Crippen LogP contribution in [0, 0.1) is 13.8 Å². The lowest BCUT2D eigenvalue weighted by Crippen LogP contribution is -2.36. The number of carbonyl (C=O) groups is 1. The van der Waals surface area contributed by atoms with Crippen molar-refractivity contribution < 1.29 is 23.1 Å². The van der Waals surface area contributed by atoms with Gasteiger partial charge in [0.25, 0.3) is 5.56 Å². The number of benzene rings is 2. The van der Waals surface area contributed by atoms with E-state index in [4.69, 9.17) is 0 Å². The summed E-state index contributed by atoms with van der Waals surface area (Å²) in [7, 11) is 0. The first kappa shape index (κ1) is 25.2. The molecule has 34 heavy (non-hydrogen) atoms. The first-order valence-electron chi connectivity index (χ1n) is 10.8. The molecule has 2 aromatic carbocycles. The molecule has 0 aliphatic heterocycles. The molecule has 0 unspecified atom stereocenters. The van der Waals surface area contributed by atoms with E-state index in [1.165, 1.54) is 12.1 Å². The summed E-state index contributed by atoms with van der Waals surface area (Å²) in [4.78, 5) is 30.4. The van der Waals surface area contributed by atoms with Gasteiger partial charge in [-0.15, -0.1) is 0 Å². The minimum Gasteiger partial charge on any atom is -0.396 e. The molecule has 0 radical (unpaired) electrons. The van der Waals surface area contributed by atoms with Crippen LogP contribution >= 0.6 is 0 Å². The van der Waals surface area contributed by atoms with Crippen molar-refractivity contribution in [2.75, 3.05) is 6.61 Å². The summed E-state index contributed by atoms with van der Waals surface area (Å²) in [6.45, 7) is 4.69. The van der Waals surface area contributed by atoms with Crippen molar-refractivity contribution in [3.63, 3.8) is 0 Å². The monoisotopic (exact) mass is 473 g/mol. The van der Waals surface area contributed by atoms with Crippen molar-refractivity contribution in [1.82, 2.24) is 14.9 Å². The van der Waals surface area contributed by atoms with Crippen molar-refractivity contribution >= 4 is 5.91 Å². The predicted octanol–water partition coefficient (Wildman–Crippen LogP) is 3.96. The average Bonchev–Trinajstić information content (AvgIpc) is 2.78. The van der Waals surface area contributed by atoms with E-state index in [0.29, 0.717) is 5.69 Å². The first-order valence-corrected chi connectivity index (χ1v) is 10.8. The molecule has 180 valence electrons. The fraction of sp³-hybridized carbons (Fsp3) is 0.320. The number of amides is 1. The molecule has 3 aromatic rings. The molecule has 1 atom stereocenters. The summed E-state index contributed by atoms with van der Waals surface area (Å²) >= 11 is 0. The molecule has 0 saturated carbocycles. The van der Waals surface area contributed by atoms with E-state index in [0.717, 1.165) is 27.8 Å². The van der Waals surface area contributed by atoms with E-state index in [-0.39, 0.29) is 42.6 Å². The topological polar surface area (TPSA) is 84.2 Å². The van der Waals surface area contributed by atoms with Crippen LogP contribution in [0.5, 0.6) is 0 Å². The number of aliphatic hydroxyl groups is 1. The van der Waals surface area contributed by atoms with Gasteiger partial charge in [-0.05, 0) is 38.5 Å². The van der Waals surface area contributed by atoms with Gasteiger partial charge in [0.2, 0.25) is 5.91 Å². The molecule has 0 spiro atoms. The van der Waals surface area contributed by atoms with Gasteiger partial charge in [0, 0.05) is 29.8 Å². The fourth-order valence-electron chi connectivity index (χ4n) is 3.64. The van der Waals surface area contributed by atoms with E-state index in [1.807, 2.05) is 38.1 Å². The normalized spacial score (nSPS) is 12.4. The van der Waals surface area contributed by atoms with E-state index in [9.17, 15) is 27.9 Å². The summed E-state index contributed by atoms with van der Waals surface area (Å²) in [5.41, 5.74) is 1.48. The Hall–Kier alpha value is -3.46. The molecular weight excluding hydrogens is 447 g/mol. The van der Waals surface area contributed by atoms with Crippen molar-refractivity contribution in [3.8, 4) is 11.4 Å². The number of carbonyl (C=O) groups excluding carboxylic acids is 1. The van der Waals surface area contributed by atoms with Crippen molar-refractivity contribution in [1.29, 1.82) is 0 Å². The second kappa shape index (κ2) is 10.2. The van der Waals surface area contributed by atoms with Crippen LogP contribution in [-0.2, 0) is 23.9 Å². The third-order valence-electron chi connectivity index (χ3n) is 5.56. The number of hydrogen-bond acceptors (Lipinski definition) is 4. The van der Waals surface area contributed by atoms with E-state index in [1.54, 1.807) is 6.92 Å². The zero-order valence-corrected chi connectivity index (χ0v) is 19.1. The van der Waals surface area contributed by atoms with E-state index < -0.39 is 23.2 Å². The Labute approximate surface area is 195 Å². The predicted molar refractivity (Wildman–Crippen MR) is 122 cm³/mol. The Morgan fingerprint density at radius 2 is 1.71 bits per heavy atom. The number of nitrogens with one attached hydrogen (secondary N) is 1. The maximum absolute atomic E-state index is 13.2. The Balaban J connectivity index is 1.97. The van der Waals surface area contributed by atoms with Crippen LogP contribution in [0.1, 0.15) is 40.9 Å². The fourth-order valence-corrected chi connectivity index (χ4v) is 3.64. The first-order chi connectivity index (χ1) is 16.0. The second-order valence-corrected chi connectivity index (χ2v) is 8.14. The average molecular weight is 473 g/mol. The summed E-state index contributed by atoms with van der Waals surface area (Å²) < 4.78 is 40.1.